The Morgan fingerprint density at radius 2 is 1.83 bits per heavy atom. The summed E-state index contributed by atoms with van der Waals surface area (Å²) in [7, 11) is -3.66. The minimum absolute atomic E-state index is 0.00858. The molecule has 0 saturated heterocycles. The monoisotopic (exact) mass is 457 g/mol. The van der Waals surface area contributed by atoms with Crippen molar-refractivity contribution in [3.63, 3.8) is 0 Å². The summed E-state index contributed by atoms with van der Waals surface area (Å²) in [5.41, 5.74) is -0.299. The van der Waals surface area contributed by atoms with Crippen LogP contribution in [0.3, 0.4) is 0 Å². The minimum atomic E-state index is -4.53. The molecule has 1 aromatic heterocycles. The number of alkyl halides is 3. The lowest BCUT2D eigenvalue weighted by Crippen LogP contribution is -2.16. The smallest absolute Gasteiger partial charge is 0.306 e. The third-order valence-corrected chi connectivity index (χ3v) is 5.66. The topological polar surface area (TPSA) is 81.1 Å². The van der Waals surface area contributed by atoms with Gasteiger partial charge >= 0.3 is 6.18 Å². The number of hydrogen-bond acceptors (Lipinski definition) is 4. The number of hydrogen-bond donors (Lipinski definition) is 1. The molecule has 0 bridgehead atoms. The van der Waals surface area contributed by atoms with E-state index in [0.717, 1.165) is 29.1 Å². The molecule has 0 aliphatic rings. The Balaban J connectivity index is 1.98. The van der Waals surface area contributed by atoms with Crippen LogP contribution in [0.4, 0.5) is 19.0 Å². The van der Waals surface area contributed by atoms with Gasteiger partial charge in [0.15, 0.2) is 9.84 Å². The van der Waals surface area contributed by atoms with Crippen LogP contribution in [0.5, 0.6) is 0 Å². The molecule has 11 heteroatoms. The maximum absolute atomic E-state index is 13.0. The van der Waals surface area contributed by atoms with Gasteiger partial charge in [0, 0.05) is 17.9 Å². The zero-order chi connectivity index (χ0) is 22.3. The van der Waals surface area contributed by atoms with Gasteiger partial charge in [-0.1, -0.05) is 17.7 Å². The minimum Gasteiger partial charge on any atom is -0.306 e. The molecule has 3 rings (SSSR count). The highest BCUT2D eigenvalue weighted by Gasteiger charge is 2.30. The predicted octanol–water partition coefficient (Wildman–Crippen LogP) is 4.51. The van der Waals surface area contributed by atoms with Crippen molar-refractivity contribution in [1.29, 1.82) is 0 Å². The molecule has 0 radical (unpaired) electrons. The van der Waals surface area contributed by atoms with Crippen LogP contribution in [-0.2, 0) is 16.0 Å². The van der Waals surface area contributed by atoms with Gasteiger partial charge in [-0.15, -0.1) is 0 Å². The van der Waals surface area contributed by atoms with Crippen LogP contribution in [0, 0.1) is 6.92 Å². The molecule has 1 amide bonds. The molecule has 6 nitrogen and oxygen atoms in total. The number of carbonyl (C=O) groups is 1. The fourth-order valence-corrected chi connectivity index (χ4v) is 4.02. The lowest BCUT2D eigenvalue weighted by molar-refractivity contribution is -0.137. The highest BCUT2D eigenvalue weighted by atomic mass is 35.5. The molecule has 158 valence electrons. The lowest BCUT2D eigenvalue weighted by atomic mass is 10.2. The van der Waals surface area contributed by atoms with E-state index < -0.39 is 27.5 Å². The van der Waals surface area contributed by atoms with E-state index in [-0.39, 0.29) is 27.0 Å². The van der Waals surface area contributed by atoms with Crippen LogP contribution in [0.25, 0.3) is 5.69 Å². The number of aromatic nitrogens is 2. The molecule has 0 aliphatic heterocycles. The van der Waals surface area contributed by atoms with Gasteiger partial charge in [0.2, 0.25) is 0 Å². The molecule has 3 aromatic rings. The Bertz CT molecular complexity index is 1240. The van der Waals surface area contributed by atoms with Crippen molar-refractivity contribution < 1.29 is 26.4 Å². The van der Waals surface area contributed by atoms with Gasteiger partial charge < -0.3 is 5.32 Å². The first-order valence-electron chi connectivity index (χ1n) is 8.41. The van der Waals surface area contributed by atoms with Gasteiger partial charge in [0.25, 0.3) is 5.91 Å². The third kappa shape index (κ3) is 4.65. The highest BCUT2D eigenvalue weighted by Crippen LogP contribution is 2.31. The number of halogens is 4. The quantitative estimate of drug-likeness (QED) is 0.625. The average molecular weight is 458 g/mol. The molecular weight excluding hydrogens is 443 g/mol. The second kappa shape index (κ2) is 7.77. The fourth-order valence-electron chi connectivity index (χ4n) is 2.72. The van der Waals surface area contributed by atoms with Crippen molar-refractivity contribution in [3.05, 3.63) is 70.4 Å². The van der Waals surface area contributed by atoms with Crippen molar-refractivity contribution in [2.24, 2.45) is 0 Å². The predicted molar refractivity (Wildman–Crippen MR) is 106 cm³/mol. The first-order chi connectivity index (χ1) is 13.9. The Labute approximate surface area is 175 Å². The number of nitrogens with one attached hydrogen (secondary N) is 1. The van der Waals surface area contributed by atoms with Gasteiger partial charge in [-0.2, -0.15) is 18.3 Å². The number of benzene rings is 2. The number of rotatable bonds is 4. The van der Waals surface area contributed by atoms with Crippen LogP contribution >= 0.6 is 11.6 Å². The van der Waals surface area contributed by atoms with Crippen LogP contribution in [0.15, 0.2) is 53.4 Å². The van der Waals surface area contributed by atoms with Crippen LogP contribution < -0.4 is 5.32 Å². The van der Waals surface area contributed by atoms with Gasteiger partial charge in [0.1, 0.15) is 5.82 Å². The SMILES string of the molecule is Cc1cc(NC(=O)c2ccc(Cl)c(S(C)(=O)=O)c2)n(-c2cccc(C(F)(F)F)c2)n1. The van der Waals surface area contributed by atoms with Gasteiger partial charge in [-0.25, -0.2) is 13.1 Å². The summed E-state index contributed by atoms with van der Waals surface area (Å²) in [5, 5.41) is 6.66. The van der Waals surface area contributed by atoms with E-state index in [0.29, 0.717) is 5.69 Å². The summed E-state index contributed by atoms with van der Waals surface area (Å²) in [4.78, 5) is 12.4. The molecule has 2 aromatic carbocycles. The van der Waals surface area contributed by atoms with E-state index in [9.17, 15) is 26.4 Å². The standard InChI is InChI=1S/C19H15ClF3N3O3S/c1-11-8-17(26(25-11)14-5-3-4-13(10-14)19(21,22)23)24-18(27)12-6-7-15(20)16(9-12)30(2,28)29/h3-10H,1-2H3,(H,24,27). The van der Waals surface area contributed by atoms with E-state index in [1.54, 1.807) is 6.92 Å². The molecule has 30 heavy (non-hydrogen) atoms. The number of amides is 1. The number of anilines is 1. The van der Waals surface area contributed by atoms with E-state index >= 15 is 0 Å². The summed E-state index contributed by atoms with van der Waals surface area (Å²) in [5.74, 6) is -0.558. The summed E-state index contributed by atoms with van der Waals surface area (Å²) in [6, 6.07) is 9.72. The number of nitrogens with zero attached hydrogens (tertiary/aromatic N) is 2. The van der Waals surface area contributed by atoms with Crippen molar-refractivity contribution in [2.75, 3.05) is 11.6 Å². The molecule has 0 spiro atoms. The number of carbonyl (C=O) groups excluding carboxylic acids is 1. The van der Waals surface area contributed by atoms with Gasteiger partial charge in [-0.05, 0) is 43.3 Å². The Kier molecular flexibility index (Phi) is 5.66. The normalized spacial score (nSPS) is 12.1. The Morgan fingerprint density at radius 1 is 1.13 bits per heavy atom. The second-order valence-corrected chi connectivity index (χ2v) is 8.89. The average Bonchev–Trinajstić information content (AvgIpc) is 3.00. The zero-order valence-corrected chi connectivity index (χ0v) is 17.2. The maximum Gasteiger partial charge on any atom is 0.416 e. The molecule has 0 fully saturated rings. The van der Waals surface area contributed by atoms with E-state index in [1.165, 1.54) is 30.3 Å². The van der Waals surface area contributed by atoms with Crippen molar-refractivity contribution in [3.8, 4) is 5.69 Å². The molecule has 0 atom stereocenters. The van der Waals surface area contributed by atoms with E-state index in [1.807, 2.05) is 0 Å². The summed E-state index contributed by atoms with van der Waals surface area (Å²) < 4.78 is 63.9. The summed E-state index contributed by atoms with van der Waals surface area (Å²) in [6.07, 6.45) is -3.57. The summed E-state index contributed by atoms with van der Waals surface area (Å²) in [6.45, 7) is 1.61. The maximum atomic E-state index is 13.0. The molecular formula is C19H15ClF3N3O3S. The zero-order valence-electron chi connectivity index (χ0n) is 15.7. The van der Waals surface area contributed by atoms with Crippen molar-refractivity contribution in [2.45, 2.75) is 18.0 Å². The largest absolute Gasteiger partial charge is 0.416 e. The first kappa shape index (κ1) is 21.8. The number of sulfone groups is 1. The molecule has 1 heterocycles. The van der Waals surface area contributed by atoms with Crippen molar-refractivity contribution in [1.82, 2.24) is 9.78 Å². The molecule has 0 unspecified atom stereocenters. The van der Waals surface area contributed by atoms with Gasteiger partial charge in [-0.3, -0.25) is 4.79 Å². The molecule has 0 saturated carbocycles. The van der Waals surface area contributed by atoms with Crippen LogP contribution in [0.1, 0.15) is 21.6 Å². The third-order valence-electron chi connectivity index (χ3n) is 4.08. The Morgan fingerprint density at radius 3 is 2.47 bits per heavy atom. The van der Waals surface area contributed by atoms with Crippen molar-refractivity contribution >= 4 is 33.2 Å². The number of aryl methyl sites for hydroxylation is 1. The van der Waals surface area contributed by atoms with Crippen LogP contribution in [0.2, 0.25) is 5.02 Å². The van der Waals surface area contributed by atoms with E-state index in [4.69, 9.17) is 11.6 Å². The Hall–Kier alpha value is -2.85. The van der Waals surface area contributed by atoms with Gasteiger partial charge in [0.05, 0.1) is 26.9 Å². The highest BCUT2D eigenvalue weighted by molar-refractivity contribution is 7.90. The van der Waals surface area contributed by atoms with E-state index in [2.05, 4.69) is 10.4 Å². The lowest BCUT2D eigenvalue weighted by Gasteiger charge is -2.12. The molecule has 1 N–H and O–H groups in total. The van der Waals surface area contributed by atoms with Crippen LogP contribution in [-0.4, -0.2) is 30.4 Å². The first-order valence-corrected chi connectivity index (χ1v) is 10.7. The molecule has 0 aliphatic carbocycles. The fraction of sp³-hybridized carbons (Fsp3) is 0.158. The summed E-state index contributed by atoms with van der Waals surface area (Å²) >= 11 is 5.89. The second-order valence-electron chi connectivity index (χ2n) is 6.50.